The molecule has 1 amide bonds. The van der Waals surface area contributed by atoms with E-state index in [1.165, 1.54) is 6.07 Å². The Kier molecular flexibility index (Phi) is 5.28. The molecule has 1 aliphatic rings. The molecule has 1 aliphatic heterocycles. The molecule has 1 saturated heterocycles. The summed E-state index contributed by atoms with van der Waals surface area (Å²) in [6.45, 7) is 1.43. The van der Waals surface area contributed by atoms with Gasteiger partial charge in [0.15, 0.2) is 5.82 Å². The molecule has 0 atom stereocenters. The lowest BCUT2D eigenvalue weighted by molar-refractivity contribution is -0.120. The topological polar surface area (TPSA) is 58.1 Å². The zero-order valence-electron chi connectivity index (χ0n) is 15.4. The van der Waals surface area contributed by atoms with E-state index in [4.69, 9.17) is 0 Å². The summed E-state index contributed by atoms with van der Waals surface area (Å²) in [5.74, 6) is 0.136. The molecule has 5 nitrogen and oxygen atoms in total. The second-order valence-electron chi connectivity index (χ2n) is 6.87. The van der Waals surface area contributed by atoms with E-state index in [1.54, 1.807) is 18.2 Å². The molecule has 1 fully saturated rings. The molecule has 6 heteroatoms. The predicted octanol–water partition coefficient (Wildman–Crippen LogP) is 4.14. The molecule has 4 rings (SSSR count). The lowest BCUT2D eigenvalue weighted by Crippen LogP contribution is -2.38. The summed E-state index contributed by atoms with van der Waals surface area (Å²) >= 11 is 0. The third-order valence-electron chi connectivity index (χ3n) is 5.04. The van der Waals surface area contributed by atoms with E-state index in [0.29, 0.717) is 25.9 Å². The average Bonchev–Trinajstić information content (AvgIpc) is 2.76. The predicted molar refractivity (Wildman–Crippen MR) is 107 cm³/mol. The maximum atomic E-state index is 13.7. The van der Waals surface area contributed by atoms with E-state index >= 15 is 0 Å². The zero-order chi connectivity index (χ0) is 19.3. The molecule has 2 aromatic carbocycles. The molecule has 142 valence electrons. The van der Waals surface area contributed by atoms with Crippen molar-refractivity contribution in [1.29, 1.82) is 0 Å². The van der Waals surface area contributed by atoms with Crippen molar-refractivity contribution in [2.24, 2.45) is 5.92 Å². The standard InChI is InChI=1S/C22H21FN4O/c23-18-8-4-5-9-20(18)24-22(28)17-12-14-27(15-13-17)21-11-10-19(25-26-21)16-6-2-1-3-7-16/h1-11,17H,12-15H2,(H,24,28). The Morgan fingerprint density at radius 3 is 2.32 bits per heavy atom. The molecule has 0 spiro atoms. The number of para-hydroxylation sites is 1. The van der Waals surface area contributed by atoms with Gasteiger partial charge in [0.05, 0.1) is 11.4 Å². The van der Waals surface area contributed by atoms with Crippen molar-refractivity contribution in [3.8, 4) is 11.3 Å². The summed E-state index contributed by atoms with van der Waals surface area (Å²) in [4.78, 5) is 14.6. The van der Waals surface area contributed by atoms with Gasteiger partial charge in [-0.05, 0) is 37.1 Å². The fraction of sp³-hybridized carbons (Fsp3) is 0.227. The minimum absolute atomic E-state index is 0.129. The SMILES string of the molecule is O=C(Nc1ccccc1F)C1CCN(c2ccc(-c3ccccc3)nn2)CC1. The average molecular weight is 376 g/mol. The van der Waals surface area contributed by atoms with Gasteiger partial charge in [-0.25, -0.2) is 4.39 Å². The lowest BCUT2D eigenvalue weighted by atomic mass is 9.95. The lowest BCUT2D eigenvalue weighted by Gasteiger charge is -2.31. The number of halogens is 1. The smallest absolute Gasteiger partial charge is 0.227 e. The van der Waals surface area contributed by atoms with E-state index in [9.17, 15) is 9.18 Å². The number of benzene rings is 2. The number of hydrogen-bond donors (Lipinski definition) is 1. The Bertz CT molecular complexity index is 938. The quantitative estimate of drug-likeness (QED) is 0.744. The van der Waals surface area contributed by atoms with Crippen molar-refractivity contribution >= 4 is 17.4 Å². The fourth-order valence-corrected chi connectivity index (χ4v) is 3.42. The second kappa shape index (κ2) is 8.17. The summed E-state index contributed by atoms with van der Waals surface area (Å²) in [6, 6.07) is 20.1. The number of nitrogens with one attached hydrogen (secondary N) is 1. The molecule has 0 radical (unpaired) electrons. The van der Waals surface area contributed by atoms with E-state index in [1.807, 2.05) is 42.5 Å². The molecule has 3 aromatic rings. The van der Waals surface area contributed by atoms with Crippen LogP contribution < -0.4 is 10.2 Å². The molecule has 0 aliphatic carbocycles. The molecular weight excluding hydrogens is 355 g/mol. The Hall–Kier alpha value is -3.28. The van der Waals surface area contributed by atoms with E-state index in [0.717, 1.165) is 17.1 Å². The number of carbonyl (C=O) groups is 1. The van der Waals surface area contributed by atoms with Crippen LogP contribution in [0, 0.1) is 11.7 Å². The first-order chi connectivity index (χ1) is 13.7. The normalized spacial score (nSPS) is 14.7. The maximum absolute atomic E-state index is 13.7. The van der Waals surface area contributed by atoms with Crippen LogP contribution in [0.15, 0.2) is 66.7 Å². The van der Waals surface area contributed by atoms with E-state index in [2.05, 4.69) is 20.4 Å². The van der Waals surface area contributed by atoms with Gasteiger partial charge >= 0.3 is 0 Å². The Labute approximate surface area is 163 Å². The number of hydrogen-bond acceptors (Lipinski definition) is 4. The van der Waals surface area contributed by atoms with Gasteiger partial charge in [-0.3, -0.25) is 4.79 Å². The summed E-state index contributed by atoms with van der Waals surface area (Å²) in [5, 5.41) is 11.4. The third kappa shape index (κ3) is 4.01. The molecule has 0 unspecified atom stereocenters. The highest BCUT2D eigenvalue weighted by molar-refractivity contribution is 5.92. The summed E-state index contributed by atoms with van der Waals surface area (Å²) in [7, 11) is 0. The van der Waals surface area contributed by atoms with Crippen molar-refractivity contribution in [2.45, 2.75) is 12.8 Å². The first kappa shape index (κ1) is 18.1. The van der Waals surface area contributed by atoms with Gasteiger partial charge in [-0.15, -0.1) is 10.2 Å². The van der Waals surface area contributed by atoms with Crippen LogP contribution in [0.4, 0.5) is 15.9 Å². The largest absolute Gasteiger partial charge is 0.355 e. The van der Waals surface area contributed by atoms with Gasteiger partial charge in [0.2, 0.25) is 5.91 Å². The van der Waals surface area contributed by atoms with Crippen LogP contribution in [-0.2, 0) is 4.79 Å². The van der Waals surface area contributed by atoms with Crippen LogP contribution >= 0.6 is 0 Å². The van der Waals surface area contributed by atoms with Crippen LogP contribution in [0.5, 0.6) is 0 Å². The number of nitrogens with zero attached hydrogens (tertiary/aromatic N) is 3. The van der Waals surface area contributed by atoms with Gasteiger partial charge in [0, 0.05) is 24.6 Å². The number of piperidine rings is 1. The molecule has 1 N–H and O–H groups in total. The molecule has 0 bridgehead atoms. The minimum atomic E-state index is -0.415. The van der Waals surface area contributed by atoms with Crippen molar-refractivity contribution < 1.29 is 9.18 Å². The van der Waals surface area contributed by atoms with Crippen molar-refractivity contribution in [1.82, 2.24) is 10.2 Å². The summed E-state index contributed by atoms with van der Waals surface area (Å²) < 4.78 is 13.7. The number of amides is 1. The van der Waals surface area contributed by atoms with Crippen molar-refractivity contribution in [3.63, 3.8) is 0 Å². The van der Waals surface area contributed by atoms with Crippen molar-refractivity contribution in [3.05, 3.63) is 72.5 Å². The molecule has 2 heterocycles. The second-order valence-corrected chi connectivity index (χ2v) is 6.87. The zero-order valence-corrected chi connectivity index (χ0v) is 15.4. The maximum Gasteiger partial charge on any atom is 0.227 e. The Morgan fingerprint density at radius 2 is 1.64 bits per heavy atom. The van der Waals surface area contributed by atoms with Crippen LogP contribution in [0.3, 0.4) is 0 Å². The van der Waals surface area contributed by atoms with Crippen LogP contribution in [0.2, 0.25) is 0 Å². The highest BCUT2D eigenvalue weighted by atomic mass is 19.1. The monoisotopic (exact) mass is 376 g/mol. The summed E-state index contributed by atoms with van der Waals surface area (Å²) in [5.41, 5.74) is 2.10. The number of anilines is 2. The highest BCUT2D eigenvalue weighted by Gasteiger charge is 2.26. The first-order valence-corrected chi connectivity index (χ1v) is 9.40. The summed E-state index contributed by atoms with van der Waals surface area (Å²) in [6.07, 6.45) is 1.39. The third-order valence-corrected chi connectivity index (χ3v) is 5.04. The molecule has 0 saturated carbocycles. The molecule has 28 heavy (non-hydrogen) atoms. The van der Waals surface area contributed by atoms with Gasteiger partial charge in [0.25, 0.3) is 0 Å². The van der Waals surface area contributed by atoms with Crippen LogP contribution in [-0.4, -0.2) is 29.2 Å². The van der Waals surface area contributed by atoms with E-state index in [-0.39, 0.29) is 17.5 Å². The minimum Gasteiger partial charge on any atom is -0.355 e. The van der Waals surface area contributed by atoms with Gasteiger partial charge in [0.1, 0.15) is 5.82 Å². The molecule has 1 aromatic heterocycles. The van der Waals surface area contributed by atoms with Gasteiger partial charge in [-0.1, -0.05) is 42.5 Å². The van der Waals surface area contributed by atoms with Crippen LogP contribution in [0.1, 0.15) is 12.8 Å². The van der Waals surface area contributed by atoms with Gasteiger partial charge < -0.3 is 10.2 Å². The Morgan fingerprint density at radius 1 is 0.929 bits per heavy atom. The van der Waals surface area contributed by atoms with Gasteiger partial charge in [-0.2, -0.15) is 0 Å². The highest BCUT2D eigenvalue weighted by Crippen LogP contribution is 2.24. The first-order valence-electron chi connectivity index (χ1n) is 9.40. The van der Waals surface area contributed by atoms with E-state index < -0.39 is 5.82 Å². The number of rotatable bonds is 4. The number of aromatic nitrogens is 2. The molecular formula is C22H21FN4O. The van der Waals surface area contributed by atoms with Crippen molar-refractivity contribution in [2.75, 3.05) is 23.3 Å². The Balaban J connectivity index is 1.35. The van der Waals surface area contributed by atoms with Crippen LogP contribution in [0.25, 0.3) is 11.3 Å². The number of carbonyl (C=O) groups excluding carboxylic acids is 1. The fourth-order valence-electron chi connectivity index (χ4n) is 3.42.